The molecule has 0 bridgehead atoms. The van der Waals surface area contributed by atoms with Crippen LogP contribution in [0.2, 0.25) is 0 Å². The molecule has 1 heterocycles. The van der Waals surface area contributed by atoms with E-state index in [1.54, 1.807) is 0 Å². The zero-order valence-corrected chi connectivity index (χ0v) is 11.1. The average Bonchev–Trinajstić information content (AvgIpc) is 2.30. The van der Waals surface area contributed by atoms with Gasteiger partial charge in [-0.05, 0) is 50.5 Å². The Balaban J connectivity index is 2.41. The molecule has 1 aromatic rings. The third-order valence-electron chi connectivity index (χ3n) is 2.47. The molecule has 90 valence electrons. The number of aromatic nitrogens is 1. The van der Waals surface area contributed by atoms with Crippen LogP contribution in [0.25, 0.3) is 0 Å². The van der Waals surface area contributed by atoms with E-state index in [4.69, 9.17) is 4.74 Å². The maximum Gasteiger partial charge on any atom is 0.140 e. The highest BCUT2D eigenvalue weighted by Gasteiger charge is 2.03. The lowest BCUT2D eigenvalue weighted by Gasteiger charge is -2.10. The third kappa shape index (κ3) is 4.44. The van der Waals surface area contributed by atoms with Gasteiger partial charge in [-0.3, -0.25) is 4.98 Å². The van der Waals surface area contributed by atoms with E-state index in [-0.39, 0.29) is 0 Å². The molecule has 0 atom stereocenters. The molecule has 0 radical (unpaired) electrons. The molecule has 0 fully saturated rings. The van der Waals surface area contributed by atoms with Gasteiger partial charge in [0.1, 0.15) is 5.75 Å². The Morgan fingerprint density at radius 1 is 1.25 bits per heavy atom. The SMILES string of the molecule is CCc1nc(C)ccc1OCCCCCS. The molecule has 2 nitrogen and oxygen atoms in total. The van der Waals surface area contributed by atoms with E-state index in [1.165, 1.54) is 12.8 Å². The summed E-state index contributed by atoms with van der Waals surface area (Å²) in [7, 11) is 0. The van der Waals surface area contributed by atoms with Crippen molar-refractivity contribution in [3.05, 3.63) is 23.5 Å². The van der Waals surface area contributed by atoms with Crippen molar-refractivity contribution < 1.29 is 4.74 Å². The van der Waals surface area contributed by atoms with Crippen LogP contribution < -0.4 is 4.74 Å². The first-order valence-corrected chi connectivity index (χ1v) is 6.61. The summed E-state index contributed by atoms with van der Waals surface area (Å²) in [5.41, 5.74) is 2.12. The second kappa shape index (κ2) is 7.55. The van der Waals surface area contributed by atoms with Crippen molar-refractivity contribution in [3.8, 4) is 5.75 Å². The highest BCUT2D eigenvalue weighted by atomic mass is 32.1. The van der Waals surface area contributed by atoms with Crippen molar-refractivity contribution >= 4 is 12.6 Å². The molecule has 0 unspecified atom stereocenters. The maximum absolute atomic E-state index is 5.74. The number of hydrogen-bond donors (Lipinski definition) is 1. The van der Waals surface area contributed by atoms with Gasteiger partial charge < -0.3 is 4.74 Å². The van der Waals surface area contributed by atoms with Crippen LogP contribution in [-0.4, -0.2) is 17.3 Å². The fraction of sp³-hybridized carbons (Fsp3) is 0.615. The standard InChI is InChI=1S/C13H21NOS/c1-3-12-13(8-7-11(2)14-12)15-9-5-4-6-10-16/h7-8,16H,3-6,9-10H2,1-2H3. The molecule has 0 N–H and O–H groups in total. The van der Waals surface area contributed by atoms with Gasteiger partial charge in [0.2, 0.25) is 0 Å². The van der Waals surface area contributed by atoms with E-state index in [0.29, 0.717) is 0 Å². The van der Waals surface area contributed by atoms with Crippen LogP contribution in [0.5, 0.6) is 5.75 Å². The van der Waals surface area contributed by atoms with Crippen LogP contribution in [0, 0.1) is 6.92 Å². The Hall–Kier alpha value is -0.700. The molecule has 1 rings (SSSR count). The van der Waals surface area contributed by atoms with Gasteiger partial charge in [-0.2, -0.15) is 12.6 Å². The normalized spacial score (nSPS) is 10.4. The van der Waals surface area contributed by atoms with E-state index >= 15 is 0 Å². The van der Waals surface area contributed by atoms with Gasteiger partial charge >= 0.3 is 0 Å². The number of rotatable bonds is 7. The fourth-order valence-corrected chi connectivity index (χ4v) is 1.78. The molecule has 0 spiro atoms. The van der Waals surface area contributed by atoms with Crippen LogP contribution >= 0.6 is 12.6 Å². The van der Waals surface area contributed by atoms with Gasteiger partial charge in [0.05, 0.1) is 12.3 Å². The Bertz CT molecular complexity index is 315. The van der Waals surface area contributed by atoms with Gasteiger partial charge in [0, 0.05) is 5.69 Å². The summed E-state index contributed by atoms with van der Waals surface area (Å²) in [6.45, 7) is 4.90. The molecule has 0 aliphatic heterocycles. The summed E-state index contributed by atoms with van der Waals surface area (Å²) in [5, 5.41) is 0. The van der Waals surface area contributed by atoms with Crippen LogP contribution in [0.4, 0.5) is 0 Å². The number of unbranched alkanes of at least 4 members (excludes halogenated alkanes) is 2. The van der Waals surface area contributed by atoms with Crippen molar-refractivity contribution in [2.45, 2.75) is 39.5 Å². The quantitative estimate of drug-likeness (QED) is 0.581. The van der Waals surface area contributed by atoms with Crippen LogP contribution in [0.3, 0.4) is 0 Å². The second-order valence-corrected chi connectivity index (χ2v) is 4.33. The average molecular weight is 239 g/mol. The van der Waals surface area contributed by atoms with Crippen molar-refractivity contribution in [2.24, 2.45) is 0 Å². The Morgan fingerprint density at radius 3 is 2.75 bits per heavy atom. The Labute approximate surface area is 104 Å². The molecule has 0 aliphatic rings. The predicted molar refractivity (Wildman–Crippen MR) is 71.6 cm³/mol. The van der Waals surface area contributed by atoms with E-state index in [2.05, 4.69) is 24.5 Å². The Morgan fingerprint density at radius 2 is 2.06 bits per heavy atom. The fourth-order valence-electron chi connectivity index (χ4n) is 1.56. The highest BCUT2D eigenvalue weighted by Crippen LogP contribution is 2.17. The third-order valence-corrected chi connectivity index (χ3v) is 2.78. The van der Waals surface area contributed by atoms with E-state index in [9.17, 15) is 0 Å². The first-order valence-electron chi connectivity index (χ1n) is 5.98. The minimum atomic E-state index is 0.783. The van der Waals surface area contributed by atoms with Crippen molar-refractivity contribution in [1.82, 2.24) is 4.98 Å². The predicted octanol–water partition coefficient (Wildman–Crippen LogP) is 3.43. The number of pyridine rings is 1. The molecule has 3 heteroatoms. The topological polar surface area (TPSA) is 22.1 Å². The minimum absolute atomic E-state index is 0.783. The van der Waals surface area contributed by atoms with Gasteiger partial charge in [0.25, 0.3) is 0 Å². The summed E-state index contributed by atoms with van der Waals surface area (Å²) >= 11 is 4.18. The largest absolute Gasteiger partial charge is 0.492 e. The minimum Gasteiger partial charge on any atom is -0.492 e. The number of aryl methyl sites for hydroxylation is 2. The van der Waals surface area contributed by atoms with Crippen molar-refractivity contribution in [1.29, 1.82) is 0 Å². The monoisotopic (exact) mass is 239 g/mol. The van der Waals surface area contributed by atoms with Gasteiger partial charge in [-0.15, -0.1) is 0 Å². The van der Waals surface area contributed by atoms with Crippen molar-refractivity contribution in [2.75, 3.05) is 12.4 Å². The molecular formula is C13H21NOS. The molecule has 0 aliphatic carbocycles. The van der Waals surface area contributed by atoms with E-state index in [1.807, 2.05) is 19.1 Å². The van der Waals surface area contributed by atoms with Gasteiger partial charge in [-0.1, -0.05) is 6.92 Å². The number of thiol groups is 1. The second-order valence-electron chi connectivity index (χ2n) is 3.88. The zero-order chi connectivity index (χ0) is 11.8. The number of nitrogens with zero attached hydrogens (tertiary/aromatic N) is 1. The zero-order valence-electron chi connectivity index (χ0n) is 10.2. The van der Waals surface area contributed by atoms with E-state index < -0.39 is 0 Å². The summed E-state index contributed by atoms with van der Waals surface area (Å²) in [6.07, 6.45) is 4.37. The smallest absolute Gasteiger partial charge is 0.140 e. The van der Waals surface area contributed by atoms with Crippen LogP contribution in [0.1, 0.15) is 37.6 Å². The molecule has 0 saturated carbocycles. The molecule has 0 saturated heterocycles. The van der Waals surface area contributed by atoms with Crippen LogP contribution in [-0.2, 0) is 6.42 Å². The Kier molecular flexibility index (Phi) is 6.31. The number of hydrogen-bond acceptors (Lipinski definition) is 3. The lowest BCUT2D eigenvalue weighted by Crippen LogP contribution is -2.02. The summed E-state index contributed by atoms with van der Waals surface area (Å²) in [5.74, 6) is 1.91. The summed E-state index contributed by atoms with van der Waals surface area (Å²) in [6, 6.07) is 4.03. The maximum atomic E-state index is 5.74. The summed E-state index contributed by atoms with van der Waals surface area (Å²) < 4.78 is 5.74. The van der Waals surface area contributed by atoms with Crippen molar-refractivity contribution in [3.63, 3.8) is 0 Å². The highest BCUT2D eigenvalue weighted by molar-refractivity contribution is 7.80. The first-order chi connectivity index (χ1) is 7.77. The molecule has 0 amide bonds. The van der Waals surface area contributed by atoms with Gasteiger partial charge in [0.15, 0.2) is 0 Å². The first kappa shape index (κ1) is 13.4. The molecular weight excluding hydrogens is 218 g/mol. The lowest BCUT2D eigenvalue weighted by atomic mass is 10.2. The van der Waals surface area contributed by atoms with Gasteiger partial charge in [-0.25, -0.2) is 0 Å². The molecule has 16 heavy (non-hydrogen) atoms. The van der Waals surface area contributed by atoms with Crippen LogP contribution in [0.15, 0.2) is 12.1 Å². The van der Waals surface area contributed by atoms with E-state index in [0.717, 1.165) is 42.3 Å². The summed E-state index contributed by atoms with van der Waals surface area (Å²) in [4.78, 5) is 4.47. The lowest BCUT2D eigenvalue weighted by molar-refractivity contribution is 0.302. The number of ether oxygens (including phenoxy) is 1. The molecule has 1 aromatic heterocycles. The molecule has 0 aromatic carbocycles.